The van der Waals surface area contributed by atoms with Crippen molar-refractivity contribution in [3.8, 4) is 0 Å². The zero-order valence-electron chi connectivity index (χ0n) is 7.75. The summed E-state index contributed by atoms with van der Waals surface area (Å²) >= 11 is -2.40. The van der Waals surface area contributed by atoms with Gasteiger partial charge in [0.25, 0.3) is 0 Å². The van der Waals surface area contributed by atoms with Crippen molar-refractivity contribution in [2.75, 3.05) is 0 Å². The molecule has 2 nitrogen and oxygen atoms in total. The monoisotopic (exact) mass is 237 g/mol. The summed E-state index contributed by atoms with van der Waals surface area (Å²) in [6, 6.07) is 4.65. The fourth-order valence-electron chi connectivity index (χ4n) is 1.06. The predicted octanol–water partition coefficient (Wildman–Crippen LogP) is 2.59. The van der Waals surface area contributed by atoms with Crippen LogP contribution in [0.25, 0.3) is 0 Å². The Bertz CT molecular complexity index is 359. The van der Waals surface area contributed by atoms with Gasteiger partial charge in [-0.1, -0.05) is 12.1 Å². The molecular weight excluding hydrogens is 229 g/mol. The van der Waals surface area contributed by atoms with Crippen molar-refractivity contribution in [3.05, 3.63) is 29.8 Å². The molecular formula is C9H8F3O2S-. The third-order valence-electron chi connectivity index (χ3n) is 2.06. The summed E-state index contributed by atoms with van der Waals surface area (Å²) in [6.07, 6.45) is -4.31. The summed E-state index contributed by atoms with van der Waals surface area (Å²) in [7, 11) is 0. The predicted molar refractivity (Wildman–Crippen MR) is 48.1 cm³/mol. The van der Waals surface area contributed by atoms with Crippen LogP contribution < -0.4 is 0 Å². The maximum absolute atomic E-state index is 12.3. The Morgan fingerprint density at radius 1 is 1.27 bits per heavy atom. The van der Waals surface area contributed by atoms with Crippen LogP contribution in [0.3, 0.4) is 0 Å². The highest BCUT2D eigenvalue weighted by Crippen LogP contribution is 2.34. The molecule has 6 heteroatoms. The first kappa shape index (κ1) is 12.2. The number of benzene rings is 1. The maximum Gasteiger partial charge on any atom is 0.395 e. The largest absolute Gasteiger partial charge is 0.768 e. The van der Waals surface area contributed by atoms with Crippen molar-refractivity contribution >= 4 is 11.1 Å². The van der Waals surface area contributed by atoms with Crippen LogP contribution in [0.5, 0.6) is 0 Å². The van der Waals surface area contributed by atoms with E-state index in [0.717, 1.165) is 19.1 Å². The first-order valence-electron chi connectivity index (χ1n) is 4.08. The summed E-state index contributed by atoms with van der Waals surface area (Å²) in [5, 5.41) is 0. The molecule has 0 bridgehead atoms. The molecule has 0 aliphatic rings. The van der Waals surface area contributed by atoms with Crippen molar-refractivity contribution in [2.45, 2.75) is 23.9 Å². The summed E-state index contributed by atoms with van der Waals surface area (Å²) in [4.78, 5) is -0.0203. The third kappa shape index (κ3) is 3.04. The van der Waals surface area contributed by atoms with Crippen LogP contribution in [-0.2, 0) is 11.1 Å². The number of halogens is 3. The van der Waals surface area contributed by atoms with E-state index in [9.17, 15) is 21.9 Å². The van der Waals surface area contributed by atoms with Gasteiger partial charge in [0.2, 0.25) is 0 Å². The number of hydrogen-bond donors (Lipinski definition) is 0. The van der Waals surface area contributed by atoms with Crippen molar-refractivity contribution in [2.24, 2.45) is 0 Å². The van der Waals surface area contributed by atoms with E-state index >= 15 is 0 Å². The van der Waals surface area contributed by atoms with Gasteiger partial charge in [-0.2, -0.15) is 13.2 Å². The Morgan fingerprint density at radius 2 is 1.73 bits per heavy atom. The van der Waals surface area contributed by atoms with E-state index in [1.165, 1.54) is 12.1 Å². The van der Waals surface area contributed by atoms with E-state index in [1.807, 2.05) is 0 Å². The molecule has 0 radical (unpaired) electrons. The maximum atomic E-state index is 12.3. The Labute approximate surface area is 87.4 Å². The number of rotatable bonds is 2. The van der Waals surface area contributed by atoms with E-state index in [0.29, 0.717) is 0 Å². The molecule has 15 heavy (non-hydrogen) atoms. The van der Waals surface area contributed by atoms with Crippen molar-refractivity contribution < 1.29 is 21.9 Å². The molecule has 1 aromatic carbocycles. The third-order valence-corrected chi connectivity index (χ3v) is 2.72. The number of hydrogen-bond acceptors (Lipinski definition) is 2. The normalized spacial score (nSPS) is 16.1. The fraction of sp³-hybridized carbons (Fsp3) is 0.333. The molecule has 0 saturated heterocycles. The fourth-order valence-corrected chi connectivity index (χ4v) is 1.41. The molecule has 2 atom stereocenters. The minimum absolute atomic E-state index is 0.0203. The Balaban J connectivity index is 2.94. The van der Waals surface area contributed by atoms with Gasteiger partial charge in [0.15, 0.2) is 0 Å². The lowest BCUT2D eigenvalue weighted by atomic mass is 10.0. The highest BCUT2D eigenvalue weighted by Gasteiger charge is 2.36. The minimum atomic E-state index is -4.31. The molecule has 0 amide bonds. The van der Waals surface area contributed by atoms with Gasteiger partial charge >= 0.3 is 6.18 Å². The van der Waals surface area contributed by atoms with E-state index < -0.39 is 23.2 Å². The van der Waals surface area contributed by atoms with Crippen LogP contribution in [-0.4, -0.2) is 14.9 Å². The zero-order chi connectivity index (χ0) is 11.6. The lowest BCUT2D eigenvalue weighted by molar-refractivity contribution is -0.146. The number of alkyl halides is 3. The molecule has 0 saturated carbocycles. The van der Waals surface area contributed by atoms with Crippen molar-refractivity contribution in [1.82, 2.24) is 0 Å². The molecule has 84 valence electrons. The van der Waals surface area contributed by atoms with Gasteiger partial charge in [-0.3, -0.25) is 4.21 Å². The Kier molecular flexibility index (Phi) is 3.51. The van der Waals surface area contributed by atoms with Crippen LogP contribution in [0.4, 0.5) is 13.2 Å². The molecule has 0 N–H and O–H groups in total. The molecule has 0 heterocycles. The van der Waals surface area contributed by atoms with E-state index in [2.05, 4.69) is 0 Å². The van der Waals surface area contributed by atoms with Crippen LogP contribution in [0.1, 0.15) is 18.4 Å². The molecule has 0 aliphatic heterocycles. The van der Waals surface area contributed by atoms with E-state index in [4.69, 9.17) is 0 Å². The van der Waals surface area contributed by atoms with Gasteiger partial charge < -0.3 is 4.55 Å². The van der Waals surface area contributed by atoms with Crippen LogP contribution in [0.2, 0.25) is 0 Å². The average Bonchev–Trinajstić information content (AvgIpc) is 2.15. The Hall–Kier alpha value is -0.880. The molecule has 0 aliphatic carbocycles. The summed E-state index contributed by atoms with van der Waals surface area (Å²) < 4.78 is 57.7. The van der Waals surface area contributed by atoms with Gasteiger partial charge in [-0.15, -0.1) is 0 Å². The van der Waals surface area contributed by atoms with Crippen molar-refractivity contribution in [1.29, 1.82) is 0 Å². The van der Waals surface area contributed by atoms with Crippen LogP contribution in [0.15, 0.2) is 29.2 Å². The SMILES string of the molecule is CC(c1ccc(S(=O)[O-])cc1)C(F)(F)F. The zero-order valence-corrected chi connectivity index (χ0v) is 8.56. The average molecular weight is 237 g/mol. The topological polar surface area (TPSA) is 40.1 Å². The van der Waals surface area contributed by atoms with E-state index in [1.54, 1.807) is 0 Å². The van der Waals surface area contributed by atoms with Gasteiger partial charge in [-0.05, 0) is 35.7 Å². The summed E-state index contributed by atoms with van der Waals surface area (Å²) in [6.45, 7) is 1.03. The smallest absolute Gasteiger partial charge is 0.395 e. The van der Waals surface area contributed by atoms with E-state index in [-0.39, 0.29) is 10.5 Å². The first-order chi connectivity index (χ1) is 6.82. The highest BCUT2D eigenvalue weighted by molar-refractivity contribution is 7.79. The quantitative estimate of drug-likeness (QED) is 0.742. The molecule has 1 aromatic rings. The lowest BCUT2D eigenvalue weighted by Gasteiger charge is -2.16. The second-order valence-corrected chi connectivity index (χ2v) is 4.01. The van der Waals surface area contributed by atoms with Gasteiger partial charge in [-0.25, -0.2) is 0 Å². The Morgan fingerprint density at radius 3 is 2.07 bits per heavy atom. The summed E-state index contributed by atoms with van der Waals surface area (Å²) in [5.74, 6) is -1.59. The summed E-state index contributed by atoms with van der Waals surface area (Å²) in [5.41, 5.74) is 0.0525. The van der Waals surface area contributed by atoms with Gasteiger partial charge in [0.05, 0.1) is 5.92 Å². The van der Waals surface area contributed by atoms with Crippen molar-refractivity contribution in [3.63, 3.8) is 0 Å². The molecule has 0 spiro atoms. The second-order valence-electron chi connectivity index (χ2n) is 3.07. The van der Waals surface area contributed by atoms with Crippen LogP contribution >= 0.6 is 0 Å². The van der Waals surface area contributed by atoms with Gasteiger partial charge in [0.1, 0.15) is 0 Å². The molecule has 1 rings (SSSR count). The standard InChI is InChI=1S/C9H9F3O2S/c1-6(9(10,11)12)7-2-4-8(5-3-7)15(13)14/h2-6H,1H3,(H,13,14)/p-1. The first-order valence-corrected chi connectivity index (χ1v) is 5.16. The lowest BCUT2D eigenvalue weighted by Crippen LogP contribution is -2.17. The van der Waals surface area contributed by atoms with Gasteiger partial charge in [0, 0.05) is 4.90 Å². The molecule has 0 aromatic heterocycles. The second kappa shape index (κ2) is 4.32. The minimum Gasteiger partial charge on any atom is -0.768 e. The highest BCUT2D eigenvalue weighted by atomic mass is 32.2. The molecule has 2 unspecified atom stereocenters. The molecule has 0 fully saturated rings. The van der Waals surface area contributed by atoms with Crippen LogP contribution in [0, 0.1) is 0 Å².